The van der Waals surface area contributed by atoms with Crippen LogP contribution in [0.15, 0.2) is 34.9 Å². The van der Waals surface area contributed by atoms with Gasteiger partial charge in [-0.25, -0.2) is 0 Å². The fraction of sp³-hybridized carbons (Fsp3) is 0.444. The molecule has 1 N–H and O–H groups in total. The van der Waals surface area contributed by atoms with E-state index in [0.29, 0.717) is 17.5 Å². The van der Waals surface area contributed by atoms with Gasteiger partial charge in [-0.15, -0.1) is 0 Å². The average molecular weight is 346 g/mol. The van der Waals surface area contributed by atoms with Crippen molar-refractivity contribution < 1.29 is 9.32 Å². The van der Waals surface area contributed by atoms with Crippen molar-refractivity contribution in [2.75, 3.05) is 18.0 Å². The third-order valence-corrected chi connectivity index (χ3v) is 5.08. The molecular weight excluding hydrogens is 326 g/mol. The Kier molecular flexibility index (Phi) is 3.96. The van der Waals surface area contributed by atoms with E-state index in [1.807, 2.05) is 24.3 Å². The van der Waals surface area contributed by atoms with Gasteiger partial charge in [0.15, 0.2) is 5.69 Å². The van der Waals surface area contributed by atoms with Gasteiger partial charge in [0.1, 0.15) is 5.76 Å². The third kappa shape index (κ3) is 3.13. The second-order valence-electron chi connectivity index (χ2n) is 6.83. The molecule has 0 bridgehead atoms. The first kappa shape index (κ1) is 15.5. The second kappa shape index (κ2) is 6.13. The number of halogens is 1. The van der Waals surface area contributed by atoms with Gasteiger partial charge >= 0.3 is 0 Å². The van der Waals surface area contributed by atoms with Crippen LogP contribution in [0.2, 0.25) is 5.02 Å². The molecule has 1 aliphatic carbocycles. The van der Waals surface area contributed by atoms with Gasteiger partial charge in [-0.1, -0.05) is 29.7 Å². The first-order valence-electron chi connectivity index (χ1n) is 8.38. The van der Waals surface area contributed by atoms with E-state index in [-0.39, 0.29) is 11.9 Å². The van der Waals surface area contributed by atoms with Crippen molar-refractivity contribution in [1.82, 2.24) is 10.5 Å². The maximum atomic E-state index is 12.4. The number of benzene rings is 1. The number of amides is 1. The zero-order chi connectivity index (χ0) is 16.7. The zero-order valence-corrected chi connectivity index (χ0v) is 14.3. The maximum Gasteiger partial charge on any atom is 0.273 e. The van der Waals surface area contributed by atoms with Crippen molar-refractivity contribution in [1.29, 1.82) is 0 Å². The number of hydrogen-bond acceptors (Lipinski definition) is 4. The molecule has 6 heteroatoms. The summed E-state index contributed by atoms with van der Waals surface area (Å²) in [7, 11) is 0. The van der Waals surface area contributed by atoms with Crippen molar-refractivity contribution in [3.8, 4) is 0 Å². The first-order chi connectivity index (χ1) is 11.6. The molecule has 2 aliphatic rings. The van der Waals surface area contributed by atoms with Crippen LogP contribution in [0.5, 0.6) is 0 Å². The standard InChI is InChI=1S/C18H20ClN3O2/c1-11-9-22(14-4-2-3-13(19)7-14)10-16(11)20-18(23)15-8-17(24-21-15)12-5-6-12/h2-4,7-8,11-12,16H,5-6,9-10H2,1H3,(H,20,23)/t11-,16-/m1/s1. The summed E-state index contributed by atoms with van der Waals surface area (Å²) in [6.45, 7) is 3.80. The Balaban J connectivity index is 1.41. The lowest BCUT2D eigenvalue weighted by Crippen LogP contribution is -2.40. The number of nitrogens with one attached hydrogen (secondary N) is 1. The third-order valence-electron chi connectivity index (χ3n) is 4.84. The van der Waals surface area contributed by atoms with Crippen LogP contribution in [0.1, 0.15) is 41.9 Å². The number of hydrogen-bond donors (Lipinski definition) is 1. The van der Waals surface area contributed by atoms with Crippen LogP contribution in [-0.4, -0.2) is 30.2 Å². The van der Waals surface area contributed by atoms with Crippen LogP contribution in [-0.2, 0) is 0 Å². The van der Waals surface area contributed by atoms with Crippen molar-refractivity contribution in [2.45, 2.75) is 31.7 Å². The van der Waals surface area contributed by atoms with Crippen molar-refractivity contribution in [3.05, 3.63) is 46.8 Å². The van der Waals surface area contributed by atoms with Gasteiger partial charge in [0.25, 0.3) is 5.91 Å². The van der Waals surface area contributed by atoms with Crippen LogP contribution in [0.4, 0.5) is 5.69 Å². The molecule has 1 aromatic carbocycles. The molecule has 2 atom stereocenters. The molecule has 2 heterocycles. The van der Waals surface area contributed by atoms with Gasteiger partial charge in [0.2, 0.25) is 0 Å². The SMILES string of the molecule is C[C@@H]1CN(c2cccc(Cl)c2)C[C@H]1NC(=O)c1cc(C2CC2)on1. The Bertz CT molecular complexity index is 756. The van der Waals surface area contributed by atoms with Gasteiger partial charge < -0.3 is 14.7 Å². The Morgan fingerprint density at radius 3 is 2.92 bits per heavy atom. The highest BCUT2D eigenvalue weighted by molar-refractivity contribution is 6.30. The highest BCUT2D eigenvalue weighted by atomic mass is 35.5. The summed E-state index contributed by atoms with van der Waals surface area (Å²) in [5.41, 5.74) is 1.47. The van der Waals surface area contributed by atoms with Crippen molar-refractivity contribution >= 4 is 23.2 Å². The molecule has 2 fully saturated rings. The summed E-state index contributed by atoms with van der Waals surface area (Å²) in [6.07, 6.45) is 2.26. The van der Waals surface area contributed by atoms with Gasteiger partial charge in [0.05, 0.1) is 6.04 Å². The molecule has 1 aliphatic heterocycles. The van der Waals surface area contributed by atoms with E-state index in [1.165, 1.54) is 0 Å². The lowest BCUT2D eigenvalue weighted by atomic mass is 10.1. The number of aromatic nitrogens is 1. The number of carbonyl (C=O) groups excluding carboxylic acids is 1. The number of rotatable bonds is 4. The summed E-state index contributed by atoms with van der Waals surface area (Å²) >= 11 is 6.08. The van der Waals surface area contributed by atoms with Crippen molar-refractivity contribution in [3.63, 3.8) is 0 Å². The Labute approximate surface area is 146 Å². The number of carbonyl (C=O) groups is 1. The molecule has 4 rings (SSSR count). The van der Waals surface area contributed by atoms with E-state index < -0.39 is 0 Å². The van der Waals surface area contributed by atoms with Crippen LogP contribution >= 0.6 is 11.6 Å². The number of anilines is 1. The molecule has 1 aromatic heterocycles. The van der Waals surface area contributed by atoms with Crippen LogP contribution in [0.3, 0.4) is 0 Å². The topological polar surface area (TPSA) is 58.4 Å². The van der Waals surface area contributed by atoms with E-state index in [4.69, 9.17) is 16.1 Å². The zero-order valence-electron chi connectivity index (χ0n) is 13.5. The predicted molar refractivity (Wildman–Crippen MR) is 92.6 cm³/mol. The Morgan fingerprint density at radius 1 is 1.33 bits per heavy atom. The lowest BCUT2D eigenvalue weighted by molar-refractivity contribution is 0.0924. The van der Waals surface area contributed by atoms with Gasteiger partial charge in [-0.2, -0.15) is 0 Å². The molecule has 0 spiro atoms. The van der Waals surface area contributed by atoms with Gasteiger partial charge in [-0.3, -0.25) is 4.79 Å². The predicted octanol–water partition coefficient (Wildman–Crippen LogP) is 3.46. The molecular formula is C18H20ClN3O2. The highest BCUT2D eigenvalue weighted by Crippen LogP contribution is 2.40. The molecule has 2 aromatic rings. The summed E-state index contributed by atoms with van der Waals surface area (Å²) in [4.78, 5) is 14.7. The summed E-state index contributed by atoms with van der Waals surface area (Å²) in [5.74, 6) is 1.49. The molecule has 0 unspecified atom stereocenters. The fourth-order valence-corrected chi connectivity index (χ4v) is 3.42. The lowest BCUT2D eigenvalue weighted by Gasteiger charge is -2.19. The molecule has 1 saturated heterocycles. The normalized spacial score (nSPS) is 23.5. The monoisotopic (exact) mass is 345 g/mol. The molecule has 5 nitrogen and oxygen atoms in total. The molecule has 0 radical (unpaired) electrons. The first-order valence-corrected chi connectivity index (χ1v) is 8.76. The summed E-state index contributed by atoms with van der Waals surface area (Å²) < 4.78 is 5.27. The van der Waals surface area contributed by atoms with E-state index in [9.17, 15) is 4.79 Å². The molecule has 1 amide bonds. The van der Waals surface area contributed by atoms with E-state index in [0.717, 1.165) is 42.4 Å². The summed E-state index contributed by atoms with van der Waals surface area (Å²) in [5, 5.41) is 7.74. The van der Waals surface area contributed by atoms with E-state index in [2.05, 4.69) is 22.3 Å². The molecule has 24 heavy (non-hydrogen) atoms. The smallest absolute Gasteiger partial charge is 0.273 e. The van der Waals surface area contributed by atoms with Crippen LogP contribution in [0.25, 0.3) is 0 Å². The highest BCUT2D eigenvalue weighted by Gasteiger charge is 2.33. The molecule has 1 saturated carbocycles. The van der Waals surface area contributed by atoms with Gasteiger partial charge in [-0.05, 0) is 37.0 Å². The van der Waals surface area contributed by atoms with E-state index in [1.54, 1.807) is 6.07 Å². The van der Waals surface area contributed by atoms with E-state index >= 15 is 0 Å². The maximum absolute atomic E-state index is 12.4. The minimum absolute atomic E-state index is 0.0811. The molecule has 126 valence electrons. The van der Waals surface area contributed by atoms with Gasteiger partial charge in [0, 0.05) is 35.8 Å². The Hall–Kier alpha value is -2.01. The Morgan fingerprint density at radius 2 is 2.17 bits per heavy atom. The van der Waals surface area contributed by atoms with Crippen LogP contribution in [0, 0.1) is 5.92 Å². The second-order valence-corrected chi connectivity index (χ2v) is 7.27. The minimum atomic E-state index is -0.157. The fourth-order valence-electron chi connectivity index (χ4n) is 3.24. The minimum Gasteiger partial charge on any atom is -0.369 e. The largest absolute Gasteiger partial charge is 0.369 e. The summed E-state index contributed by atoms with van der Waals surface area (Å²) in [6, 6.07) is 9.67. The van der Waals surface area contributed by atoms with Crippen LogP contribution < -0.4 is 10.2 Å². The number of nitrogens with zero attached hydrogens (tertiary/aromatic N) is 2. The van der Waals surface area contributed by atoms with Crippen molar-refractivity contribution in [2.24, 2.45) is 5.92 Å². The average Bonchev–Trinajstić information content (AvgIpc) is 3.18. The quantitative estimate of drug-likeness (QED) is 0.922.